The summed E-state index contributed by atoms with van der Waals surface area (Å²) in [6, 6.07) is 3.77. The van der Waals surface area contributed by atoms with Crippen LogP contribution in [-0.2, 0) is 4.79 Å². The first-order chi connectivity index (χ1) is 11.1. The van der Waals surface area contributed by atoms with E-state index in [-0.39, 0.29) is 11.8 Å². The van der Waals surface area contributed by atoms with Gasteiger partial charge in [-0.2, -0.15) is 0 Å². The average molecular weight is 312 g/mol. The number of piperidine rings is 1. The second kappa shape index (κ2) is 6.73. The molecule has 6 nitrogen and oxygen atoms in total. The van der Waals surface area contributed by atoms with Gasteiger partial charge in [0.25, 0.3) is 0 Å². The highest BCUT2D eigenvalue weighted by molar-refractivity contribution is 5.73. The van der Waals surface area contributed by atoms with Crippen molar-refractivity contribution in [3.8, 4) is 11.6 Å². The molecule has 3 heterocycles. The molecule has 1 amide bonds. The van der Waals surface area contributed by atoms with Gasteiger partial charge in [-0.3, -0.25) is 14.8 Å². The Kier molecular flexibility index (Phi) is 4.50. The molecule has 1 aliphatic rings. The van der Waals surface area contributed by atoms with Crippen molar-refractivity contribution >= 4 is 5.91 Å². The first-order valence-electron chi connectivity index (χ1n) is 7.80. The largest absolute Gasteiger partial charge is 0.436 e. The lowest BCUT2D eigenvalue weighted by Crippen LogP contribution is -2.36. The smallest absolute Gasteiger partial charge is 0.241 e. The third-order valence-corrected chi connectivity index (χ3v) is 4.12. The van der Waals surface area contributed by atoms with Crippen molar-refractivity contribution in [2.75, 3.05) is 13.1 Å². The summed E-state index contributed by atoms with van der Waals surface area (Å²) in [6.45, 7) is 5.05. The highest BCUT2D eigenvalue weighted by Gasteiger charge is 2.26. The zero-order valence-electron chi connectivity index (χ0n) is 13.4. The topological polar surface area (TPSA) is 68.2 Å². The molecule has 0 bridgehead atoms. The van der Waals surface area contributed by atoms with Crippen LogP contribution >= 0.6 is 0 Å². The minimum absolute atomic E-state index is 0.129. The zero-order valence-corrected chi connectivity index (χ0v) is 13.4. The van der Waals surface area contributed by atoms with E-state index in [0.29, 0.717) is 11.6 Å². The third kappa shape index (κ3) is 3.64. The quantitative estimate of drug-likeness (QED) is 0.871. The molecule has 0 aliphatic carbocycles. The van der Waals surface area contributed by atoms with Crippen LogP contribution < -0.4 is 4.74 Å². The van der Waals surface area contributed by atoms with Gasteiger partial charge in [0, 0.05) is 44.0 Å². The Balaban J connectivity index is 1.76. The molecule has 2 aromatic heterocycles. The number of amides is 1. The number of carbonyl (C=O) groups is 1. The van der Waals surface area contributed by atoms with Crippen molar-refractivity contribution in [3.05, 3.63) is 42.1 Å². The van der Waals surface area contributed by atoms with Crippen LogP contribution in [0.1, 0.15) is 37.1 Å². The lowest BCUT2D eigenvalue weighted by atomic mass is 9.93. The predicted octanol–water partition coefficient (Wildman–Crippen LogP) is 2.70. The number of likely N-dealkylation sites (tertiary alicyclic amines) is 1. The Hall–Kier alpha value is -2.50. The van der Waals surface area contributed by atoms with Crippen LogP contribution in [0.25, 0.3) is 0 Å². The summed E-state index contributed by atoms with van der Waals surface area (Å²) in [4.78, 5) is 26.4. The molecule has 1 aliphatic heterocycles. The van der Waals surface area contributed by atoms with Crippen molar-refractivity contribution in [2.24, 2.45) is 0 Å². The molecule has 0 atom stereocenters. The van der Waals surface area contributed by atoms with Gasteiger partial charge in [-0.15, -0.1) is 0 Å². The summed E-state index contributed by atoms with van der Waals surface area (Å²) in [5.41, 5.74) is 1.80. The van der Waals surface area contributed by atoms with Crippen LogP contribution in [0.15, 0.2) is 30.7 Å². The number of carbonyl (C=O) groups excluding carboxylic acids is 1. The van der Waals surface area contributed by atoms with Crippen LogP contribution in [0.4, 0.5) is 0 Å². The fourth-order valence-corrected chi connectivity index (χ4v) is 2.79. The number of ether oxygens (including phenoxy) is 1. The van der Waals surface area contributed by atoms with Gasteiger partial charge in [0.2, 0.25) is 11.8 Å². The van der Waals surface area contributed by atoms with Crippen molar-refractivity contribution in [1.82, 2.24) is 19.9 Å². The lowest BCUT2D eigenvalue weighted by Gasteiger charge is -2.31. The summed E-state index contributed by atoms with van der Waals surface area (Å²) in [5, 5.41) is 0. The van der Waals surface area contributed by atoms with E-state index in [1.54, 1.807) is 25.5 Å². The fourth-order valence-electron chi connectivity index (χ4n) is 2.79. The monoisotopic (exact) mass is 312 g/mol. The molecule has 6 heteroatoms. The van der Waals surface area contributed by atoms with Gasteiger partial charge < -0.3 is 9.64 Å². The van der Waals surface area contributed by atoms with E-state index in [9.17, 15) is 4.79 Å². The van der Waals surface area contributed by atoms with Gasteiger partial charge in [0.15, 0.2) is 0 Å². The van der Waals surface area contributed by atoms with Crippen molar-refractivity contribution in [3.63, 3.8) is 0 Å². The molecule has 1 fully saturated rings. The standard InChI is InChI=1S/C17H20N4O2/c1-12-3-4-15(11-20-12)23-17-16(18-7-8-19-17)14-5-9-21(10-6-14)13(2)22/h3-4,7-8,11,14H,5-6,9-10H2,1-2H3. The van der Waals surface area contributed by atoms with Crippen LogP contribution in [0.5, 0.6) is 11.6 Å². The summed E-state index contributed by atoms with van der Waals surface area (Å²) >= 11 is 0. The Morgan fingerprint density at radius 2 is 1.91 bits per heavy atom. The molecule has 0 radical (unpaired) electrons. The number of aryl methyl sites for hydroxylation is 1. The molecule has 0 unspecified atom stereocenters. The summed E-state index contributed by atoms with van der Waals surface area (Å²) in [7, 11) is 0. The van der Waals surface area contributed by atoms with E-state index in [0.717, 1.165) is 37.3 Å². The van der Waals surface area contributed by atoms with E-state index in [1.807, 2.05) is 24.0 Å². The van der Waals surface area contributed by atoms with Crippen LogP contribution in [-0.4, -0.2) is 38.8 Å². The second-order valence-corrected chi connectivity index (χ2v) is 5.76. The third-order valence-electron chi connectivity index (χ3n) is 4.12. The van der Waals surface area contributed by atoms with Crippen LogP contribution in [0.3, 0.4) is 0 Å². The molecular formula is C17H20N4O2. The molecule has 23 heavy (non-hydrogen) atoms. The first-order valence-corrected chi connectivity index (χ1v) is 7.80. The Morgan fingerprint density at radius 3 is 2.57 bits per heavy atom. The van der Waals surface area contributed by atoms with Gasteiger partial charge in [0.05, 0.1) is 6.20 Å². The number of hydrogen-bond acceptors (Lipinski definition) is 5. The molecule has 3 rings (SSSR count). The fraction of sp³-hybridized carbons (Fsp3) is 0.412. The maximum atomic E-state index is 11.4. The summed E-state index contributed by atoms with van der Waals surface area (Å²) < 4.78 is 5.88. The lowest BCUT2D eigenvalue weighted by molar-refractivity contribution is -0.129. The van der Waals surface area contributed by atoms with Crippen molar-refractivity contribution < 1.29 is 9.53 Å². The highest BCUT2D eigenvalue weighted by atomic mass is 16.5. The van der Waals surface area contributed by atoms with Gasteiger partial charge >= 0.3 is 0 Å². The van der Waals surface area contributed by atoms with Crippen molar-refractivity contribution in [1.29, 1.82) is 0 Å². The first kappa shape index (κ1) is 15.4. The van der Waals surface area contributed by atoms with E-state index in [1.165, 1.54) is 0 Å². The number of aromatic nitrogens is 3. The van der Waals surface area contributed by atoms with Gasteiger partial charge in [-0.25, -0.2) is 4.98 Å². The SMILES string of the molecule is CC(=O)N1CCC(c2nccnc2Oc2ccc(C)nc2)CC1. The molecule has 0 saturated carbocycles. The van der Waals surface area contributed by atoms with Gasteiger partial charge in [-0.05, 0) is 31.9 Å². The molecule has 0 aromatic carbocycles. The number of nitrogens with zero attached hydrogens (tertiary/aromatic N) is 4. The predicted molar refractivity (Wildman–Crippen MR) is 85.3 cm³/mol. The molecule has 120 valence electrons. The van der Waals surface area contributed by atoms with Gasteiger partial charge in [-0.1, -0.05) is 0 Å². The summed E-state index contributed by atoms with van der Waals surface area (Å²) in [5.74, 6) is 1.57. The normalized spacial score (nSPS) is 15.5. The summed E-state index contributed by atoms with van der Waals surface area (Å²) in [6.07, 6.45) is 6.76. The Morgan fingerprint density at radius 1 is 1.17 bits per heavy atom. The molecule has 0 spiro atoms. The van der Waals surface area contributed by atoms with Crippen molar-refractivity contribution in [2.45, 2.75) is 32.6 Å². The number of pyridine rings is 1. The molecule has 1 saturated heterocycles. The van der Waals surface area contributed by atoms with Crippen LogP contribution in [0.2, 0.25) is 0 Å². The zero-order chi connectivity index (χ0) is 16.2. The van der Waals surface area contributed by atoms with E-state index >= 15 is 0 Å². The van der Waals surface area contributed by atoms with E-state index in [4.69, 9.17) is 4.74 Å². The number of hydrogen-bond donors (Lipinski definition) is 0. The highest BCUT2D eigenvalue weighted by Crippen LogP contribution is 2.33. The average Bonchev–Trinajstić information content (AvgIpc) is 2.57. The minimum Gasteiger partial charge on any atom is -0.436 e. The van der Waals surface area contributed by atoms with E-state index < -0.39 is 0 Å². The molecular weight excluding hydrogens is 292 g/mol. The molecule has 2 aromatic rings. The van der Waals surface area contributed by atoms with Crippen LogP contribution in [0, 0.1) is 6.92 Å². The maximum absolute atomic E-state index is 11.4. The van der Waals surface area contributed by atoms with E-state index in [2.05, 4.69) is 15.0 Å². The Bertz CT molecular complexity index is 679. The minimum atomic E-state index is 0.129. The second-order valence-electron chi connectivity index (χ2n) is 5.76. The maximum Gasteiger partial charge on any atom is 0.241 e. The number of rotatable bonds is 3. The molecule has 0 N–H and O–H groups in total. The van der Waals surface area contributed by atoms with Gasteiger partial charge in [0.1, 0.15) is 11.4 Å². The Labute approximate surface area is 135 Å².